The molecule has 0 fully saturated rings. The molecule has 5 heteroatoms. The Morgan fingerprint density at radius 1 is 1.16 bits per heavy atom. The second-order valence-corrected chi connectivity index (χ2v) is 6.18. The number of rotatable bonds is 4. The molecule has 2 heterocycles. The van der Waals surface area contributed by atoms with Gasteiger partial charge in [0.2, 0.25) is 5.78 Å². The lowest BCUT2D eigenvalue weighted by atomic mass is 9.89. The van der Waals surface area contributed by atoms with Gasteiger partial charge in [-0.15, -0.1) is 0 Å². The van der Waals surface area contributed by atoms with Crippen LogP contribution in [0.5, 0.6) is 0 Å². The number of hydrogen-bond acceptors (Lipinski definition) is 4. The average Bonchev–Trinajstić information content (AvgIpc) is 3.14. The van der Waals surface area contributed by atoms with Crippen molar-refractivity contribution >= 4 is 28.3 Å². The number of fused-ring (bicyclic) bond motifs is 2. The van der Waals surface area contributed by atoms with Gasteiger partial charge in [0.05, 0.1) is 12.1 Å². The Bertz CT molecular complexity index is 957. The van der Waals surface area contributed by atoms with Crippen LogP contribution in [0.15, 0.2) is 59.0 Å². The van der Waals surface area contributed by atoms with Gasteiger partial charge in [-0.3, -0.25) is 9.59 Å². The molecule has 4 rings (SSSR count). The Labute approximate surface area is 144 Å². The molecule has 0 bridgehead atoms. The summed E-state index contributed by atoms with van der Waals surface area (Å²) in [4.78, 5) is 26.9. The van der Waals surface area contributed by atoms with Gasteiger partial charge in [0.25, 0.3) is 5.91 Å². The van der Waals surface area contributed by atoms with E-state index < -0.39 is 17.3 Å². The summed E-state index contributed by atoms with van der Waals surface area (Å²) < 4.78 is 5.58. The minimum absolute atomic E-state index is 0.148. The predicted octanol–water partition coefficient (Wildman–Crippen LogP) is 3.26. The Morgan fingerprint density at radius 3 is 2.64 bits per heavy atom. The molecule has 0 saturated heterocycles. The summed E-state index contributed by atoms with van der Waals surface area (Å²) in [5.41, 5.74) is -0.143. The van der Waals surface area contributed by atoms with Crippen LogP contribution in [0.25, 0.3) is 11.0 Å². The van der Waals surface area contributed by atoms with Crippen molar-refractivity contribution in [3.05, 3.63) is 65.9 Å². The Morgan fingerprint density at radius 2 is 1.88 bits per heavy atom. The third-order valence-corrected chi connectivity index (χ3v) is 4.67. The molecule has 0 unspecified atom stereocenters. The first-order valence-electron chi connectivity index (χ1n) is 8.20. The van der Waals surface area contributed by atoms with Gasteiger partial charge in [-0.2, -0.15) is 0 Å². The van der Waals surface area contributed by atoms with Crippen molar-refractivity contribution in [2.45, 2.75) is 18.9 Å². The van der Waals surface area contributed by atoms with Crippen molar-refractivity contribution in [2.24, 2.45) is 0 Å². The summed E-state index contributed by atoms with van der Waals surface area (Å²) >= 11 is 0. The van der Waals surface area contributed by atoms with Gasteiger partial charge in [-0.25, -0.2) is 0 Å². The van der Waals surface area contributed by atoms with E-state index >= 15 is 0 Å². The van der Waals surface area contributed by atoms with Gasteiger partial charge >= 0.3 is 0 Å². The average molecular weight is 335 g/mol. The smallest absolute Gasteiger partial charge is 0.264 e. The lowest BCUT2D eigenvalue weighted by Crippen LogP contribution is -2.41. The highest BCUT2D eigenvalue weighted by Gasteiger charge is 2.50. The largest absolute Gasteiger partial charge is 0.453 e. The number of Topliss-reactive ketones (excluding diaryl/α,β-unsaturated/α-hetero) is 1. The second kappa shape index (κ2) is 5.57. The zero-order valence-corrected chi connectivity index (χ0v) is 13.7. The molecule has 0 saturated carbocycles. The number of aliphatic hydroxyl groups is 1. The lowest BCUT2D eigenvalue weighted by molar-refractivity contribution is -0.135. The second-order valence-electron chi connectivity index (χ2n) is 6.18. The van der Waals surface area contributed by atoms with Gasteiger partial charge in [0, 0.05) is 17.5 Å². The molecule has 0 spiro atoms. The number of hydrogen-bond donors (Lipinski definition) is 1. The molecule has 3 aromatic rings. The summed E-state index contributed by atoms with van der Waals surface area (Å²) in [6.07, 6.45) is -0.348. The van der Waals surface area contributed by atoms with E-state index in [9.17, 15) is 14.7 Å². The molecular weight excluding hydrogens is 318 g/mol. The number of likely N-dealkylation sites (N-methyl/N-ethyl adjacent to an activating group) is 1. The van der Waals surface area contributed by atoms with Crippen molar-refractivity contribution in [1.82, 2.24) is 0 Å². The summed E-state index contributed by atoms with van der Waals surface area (Å²) in [6.45, 7) is 2.26. The number of ketones is 1. The number of amides is 1. The highest BCUT2D eigenvalue weighted by Crippen LogP contribution is 2.42. The molecule has 1 amide bonds. The predicted molar refractivity (Wildman–Crippen MR) is 93.5 cm³/mol. The number of benzene rings is 2. The number of furan rings is 1. The summed E-state index contributed by atoms with van der Waals surface area (Å²) in [5.74, 6) is -0.727. The molecule has 1 aromatic heterocycles. The Kier molecular flexibility index (Phi) is 3.47. The fraction of sp³-hybridized carbons (Fsp3) is 0.200. The van der Waals surface area contributed by atoms with Gasteiger partial charge in [-0.1, -0.05) is 36.4 Å². The monoisotopic (exact) mass is 335 g/mol. The van der Waals surface area contributed by atoms with Crippen molar-refractivity contribution in [1.29, 1.82) is 0 Å². The van der Waals surface area contributed by atoms with E-state index in [1.807, 2.05) is 31.2 Å². The van der Waals surface area contributed by atoms with E-state index in [1.165, 1.54) is 4.90 Å². The molecule has 25 heavy (non-hydrogen) atoms. The van der Waals surface area contributed by atoms with E-state index in [-0.39, 0.29) is 12.2 Å². The lowest BCUT2D eigenvalue weighted by Gasteiger charge is -2.21. The molecule has 1 N–H and O–H groups in total. The Balaban J connectivity index is 1.71. The van der Waals surface area contributed by atoms with Crippen LogP contribution < -0.4 is 4.90 Å². The van der Waals surface area contributed by atoms with Crippen LogP contribution in [0, 0.1) is 0 Å². The molecule has 1 atom stereocenters. The van der Waals surface area contributed by atoms with Gasteiger partial charge in [0.15, 0.2) is 11.4 Å². The molecule has 0 aliphatic carbocycles. The van der Waals surface area contributed by atoms with Crippen LogP contribution in [0.3, 0.4) is 0 Å². The van der Waals surface area contributed by atoms with E-state index in [4.69, 9.17) is 4.42 Å². The fourth-order valence-electron chi connectivity index (χ4n) is 3.43. The molecule has 2 aromatic carbocycles. The maximum Gasteiger partial charge on any atom is 0.264 e. The highest BCUT2D eigenvalue weighted by atomic mass is 16.3. The van der Waals surface area contributed by atoms with Crippen LogP contribution in [-0.4, -0.2) is 23.3 Å². The van der Waals surface area contributed by atoms with Crippen molar-refractivity contribution in [3.63, 3.8) is 0 Å². The van der Waals surface area contributed by atoms with E-state index in [1.54, 1.807) is 30.3 Å². The molecule has 5 nitrogen and oxygen atoms in total. The quantitative estimate of drug-likeness (QED) is 0.743. The molecule has 0 radical (unpaired) electrons. The van der Waals surface area contributed by atoms with E-state index in [2.05, 4.69) is 0 Å². The fourth-order valence-corrected chi connectivity index (χ4v) is 3.43. The topological polar surface area (TPSA) is 70.8 Å². The minimum atomic E-state index is -1.86. The molecule has 126 valence electrons. The third kappa shape index (κ3) is 2.27. The first-order valence-corrected chi connectivity index (χ1v) is 8.20. The number of carbonyl (C=O) groups is 2. The summed E-state index contributed by atoms with van der Waals surface area (Å²) in [6, 6.07) is 16.0. The van der Waals surface area contributed by atoms with Crippen LogP contribution in [0.1, 0.15) is 29.5 Å². The van der Waals surface area contributed by atoms with Gasteiger partial charge in [-0.05, 0) is 25.1 Å². The normalized spacial score (nSPS) is 19.4. The molecular formula is C20H17NO4. The molecule has 1 aliphatic rings. The summed E-state index contributed by atoms with van der Waals surface area (Å²) in [5, 5.41) is 11.9. The first-order chi connectivity index (χ1) is 12.0. The minimum Gasteiger partial charge on any atom is -0.453 e. The Hall–Kier alpha value is -2.92. The number of nitrogens with zero attached hydrogens (tertiary/aromatic N) is 1. The van der Waals surface area contributed by atoms with Crippen molar-refractivity contribution < 1.29 is 19.1 Å². The number of carbonyl (C=O) groups excluding carboxylic acids is 2. The third-order valence-electron chi connectivity index (χ3n) is 4.67. The van der Waals surface area contributed by atoms with E-state index in [0.717, 1.165) is 5.39 Å². The van der Waals surface area contributed by atoms with Crippen LogP contribution in [-0.2, 0) is 10.4 Å². The summed E-state index contributed by atoms with van der Waals surface area (Å²) in [7, 11) is 0. The van der Waals surface area contributed by atoms with Crippen LogP contribution in [0.4, 0.5) is 5.69 Å². The van der Waals surface area contributed by atoms with Crippen LogP contribution in [0.2, 0.25) is 0 Å². The number of para-hydroxylation sites is 2. The molecule has 1 aliphatic heterocycles. The van der Waals surface area contributed by atoms with Gasteiger partial charge < -0.3 is 14.4 Å². The standard InChI is InChI=1S/C20H17NO4/c1-2-21-15-9-5-4-8-14(15)20(24,19(21)23)12-16(22)18-11-13-7-3-6-10-17(13)25-18/h3-11,24H,2,12H2,1H3/t20-/m1/s1. The van der Waals surface area contributed by atoms with E-state index in [0.29, 0.717) is 23.4 Å². The maximum atomic E-state index is 12.7. The van der Waals surface area contributed by atoms with Crippen molar-refractivity contribution in [3.8, 4) is 0 Å². The number of anilines is 1. The maximum absolute atomic E-state index is 12.7. The zero-order valence-electron chi connectivity index (χ0n) is 13.7. The van der Waals surface area contributed by atoms with Crippen LogP contribution >= 0.6 is 0 Å². The highest BCUT2D eigenvalue weighted by molar-refractivity contribution is 6.10. The zero-order chi connectivity index (χ0) is 17.6. The SMILES string of the molecule is CCN1C(=O)[C@@](O)(CC(=O)c2cc3ccccc3o2)c2ccccc21. The first kappa shape index (κ1) is 15.6. The van der Waals surface area contributed by atoms with Gasteiger partial charge in [0.1, 0.15) is 5.58 Å². The van der Waals surface area contributed by atoms with Crippen molar-refractivity contribution in [2.75, 3.05) is 11.4 Å².